The normalized spacial score (nSPS) is 10.5. The molecule has 0 aliphatic heterocycles. The molecule has 2 rings (SSSR count). The van der Waals surface area contributed by atoms with Crippen LogP contribution < -0.4 is 0 Å². The third-order valence-electron chi connectivity index (χ3n) is 2.32. The molecule has 0 bridgehead atoms. The quantitative estimate of drug-likeness (QED) is 0.738. The van der Waals surface area contributed by atoms with E-state index in [9.17, 15) is 8.78 Å². The summed E-state index contributed by atoms with van der Waals surface area (Å²) in [5.41, 5.74) is 1.58. The van der Waals surface area contributed by atoms with E-state index in [0.717, 1.165) is 6.07 Å². The van der Waals surface area contributed by atoms with Crippen LogP contribution in [-0.2, 0) is 0 Å². The van der Waals surface area contributed by atoms with Crippen molar-refractivity contribution in [2.45, 2.75) is 13.8 Å². The van der Waals surface area contributed by atoms with Crippen molar-refractivity contribution >= 4 is 0 Å². The lowest BCUT2D eigenvalue weighted by molar-refractivity contribution is 0.585. The van der Waals surface area contributed by atoms with Gasteiger partial charge in [0.05, 0.1) is 0 Å². The summed E-state index contributed by atoms with van der Waals surface area (Å²) in [6, 6.07) is 3.47. The van der Waals surface area contributed by atoms with Crippen molar-refractivity contribution in [1.29, 1.82) is 0 Å². The highest BCUT2D eigenvalue weighted by atomic mass is 19.1. The molecule has 2 nitrogen and oxygen atoms in total. The number of aromatic nitrogens is 2. The van der Waals surface area contributed by atoms with Crippen molar-refractivity contribution in [3.8, 4) is 11.1 Å². The van der Waals surface area contributed by atoms with E-state index in [1.54, 1.807) is 20.0 Å². The standard InChI is InChI=1S/C12H10F2N2/c1-7-11(6-15-8(2)16-7)10-4-3-9(13)5-12(10)14/h3-6H,1-2H3. The number of hydrogen-bond acceptors (Lipinski definition) is 2. The Hall–Kier alpha value is -1.84. The molecule has 2 aromatic rings. The first-order valence-electron chi connectivity index (χ1n) is 4.83. The fourth-order valence-electron chi connectivity index (χ4n) is 1.56. The predicted octanol–water partition coefficient (Wildman–Crippen LogP) is 3.04. The highest BCUT2D eigenvalue weighted by molar-refractivity contribution is 5.65. The summed E-state index contributed by atoms with van der Waals surface area (Å²) in [7, 11) is 0. The summed E-state index contributed by atoms with van der Waals surface area (Å²) in [4.78, 5) is 8.15. The Kier molecular flexibility index (Phi) is 2.64. The monoisotopic (exact) mass is 220 g/mol. The Morgan fingerprint density at radius 2 is 1.81 bits per heavy atom. The molecule has 0 saturated carbocycles. The average Bonchev–Trinajstić information content (AvgIpc) is 2.19. The van der Waals surface area contributed by atoms with Gasteiger partial charge in [-0.1, -0.05) is 0 Å². The van der Waals surface area contributed by atoms with Gasteiger partial charge in [-0.15, -0.1) is 0 Å². The molecule has 0 fully saturated rings. The second-order valence-electron chi connectivity index (χ2n) is 3.54. The molecule has 0 unspecified atom stereocenters. The van der Waals surface area contributed by atoms with Gasteiger partial charge < -0.3 is 0 Å². The lowest BCUT2D eigenvalue weighted by Crippen LogP contribution is -1.96. The Morgan fingerprint density at radius 1 is 1.06 bits per heavy atom. The van der Waals surface area contributed by atoms with Crippen LogP contribution >= 0.6 is 0 Å². The Bertz CT molecular complexity index is 489. The van der Waals surface area contributed by atoms with Crippen LogP contribution in [-0.4, -0.2) is 9.97 Å². The van der Waals surface area contributed by atoms with E-state index in [1.165, 1.54) is 12.1 Å². The summed E-state index contributed by atoms with van der Waals surface area (Å²) >= 11 is 0. The second kappa shape index (κ2) is 3.96. The number of rotatable bonds is 1. The summed E-state index contributed by atoms with van der Waals surface area (Å²) in [6.07, 6.45) is 1.55. The fourth-order valence-corrected chi connectivity index (χ4v) is 1.56. The van der Waals surface area contributed by atoms with Gasteiger partial charge in [0.1, 0.15) is 17.5 Å². The smallest absolute Gasteiger partial charge is 0.134 e. The molecular formula is C12H10F2N2. The largest absolute Gasteiger partial charge is 0.241 e. The van der Waals surface area contributed by atoms with Crippen molar-refractivity contribution < 1.29 is 8.78 Å². The van der Waals surface area contributed by atoms with E-state index < -0.39 is 11.6 Å². The number of aryl methyl sites for hydroxylation is 2. The number of benzene rings is 1. The van der Waals surface area contributed by atoms with Gasteiger partial charge in [0.2, 0.25) is 0 Å². The molecule has 0 saturated heterocycles. The molecule has 0 amide bonds. The molecule has 0 radical (unpaired) electrons. The zero-order chi connectivity index (χ0) is 11.7. The van der Waals surface area contributed by atoms with Gasteiger partial charge in [0, 0.05) is 29.1 Å². The van der Waals surface area contributed by atoms with Crippen LogP contribution in [0.3, 0.4) is 0 Å². The van der Waals surface area contributed by atoms with Crippen LogP contribution in [0.25, 0.3) is 11.1 Å². The SMILES string of the molecule is Cc1ncc(-c2ccc(F)cc2F)c(C)n1. The molecule has 1 aromatic carbocycles. The Labute approximate surface area is 92.0 Å². The van der Waals surface area contributed by atoms with Crippen molar-refractivity contribution in [2.24, 2.45) is 0 Å². The van der Waals surface area contributed by atoms with E-state index in [1.807, 2.05) is 0 Å². The summed E-state index contributed by atoms with van der Waals surface area (Å²) < 4.78 is 26.3. The van der Waals surface area contributed by atoms with Crippen LogP contribution in [0.5, 0.6) is 0 Å². The van der Waals surface area contributed by atoms with Gasteiger partial charge in [-0.3, -0.25) is 0 Å². The molecule has 0 aliphatic rings. The molecule has 0 spiro atoms. The number of nitrogens with zero attached hydrogens (tertiary/aromatic N) is 2. The van der Waals surface area contributed by atoms with Gasteiger partial charge >= 0.3 is 0 Å². The summed E-state index contributed by atoms with van der Waals surface area (Å²) in [5, 5.41) is 0. The van der Waals surface area contributed by atoms with Crippen LogP contribution in [0.2, 0.25) is 0 Å². The van der Waals surface area contributed by atoms with E-state index >= 15 is 0 Å². The van der Waals surface area contributed by atoms with Crippen molar-refractivity contribution in [1.82, 2.24) is 9.97 Å². The minimum absolute atomic E-state index is 0.318. The van der Waals surface area contributed by atoms with Gasteiger partial charge in [-0.25, -0.2) is 18.7 Å². The van der Waals surface area contributed by atoms with E-state index in [4.69, 9.17) is 0 Å². The number of halogens is 2. The predicted molar refractivity (Wildman–Crippen MR) is 56.9 cm³/mol. The maximum Gasteiger partial charge on any atom is 0.134 e. The summed E-state index contributed by atoms with van der Waals surface area (Å²) in [6.45, 7) is 3.53. The maximum atomic E-state index is 13.5. The van der Waals surface area contributed by atoms with Crippen molar-refractivity contribution in [3.05, 3.63) is 47.5 Å². The van der Waals surface area contributed by atoms with Crippen LogP contribution in [0.4, 0.5) is 8.78 Å². The fraction of sp³-hybridized carbons (Fsp3) is 0.167. The first-order chi connectivity index (χ1) is 7.58. The highest BCUT2D eigenvalue weighted by Crippen LogP contribution is 2.24. The third kappa shape index (κ3) is 1.91. The highest BCUT2D eigenvalue weighted by Gasteiger charge is 2.10. The first kappa shape index (κ1) is 10.7. The van der Waals surface area contributed by atoms with E-state index in [-0.39, 0.29) is 0 Å². The van der Waals surface area contributed by atoms with E-state index in [2.05, 4.69) is 9.97 Å². The van der Waals surface area contributed by atoms with Crippen LogP contribution in [0.15, 0.2) is 24.4 Å². The zero-order valence-corrected chi connectivity index (χ0v) is 8.96. The number of hydrogen-bond donors (Lipinski definition) is 0. The third-order valence-corrected chi connectivity index (χ3v) is 2.32. The van der Waals surface area contributed by atoms with Crippen LogP contribution in [0, 0.1) is 25.5 Å². The lowest BCUT2D eigenvalue weighted by Gasteiger charge is -2.06. The molecule has 0 N–H and O–H groups in total. The topological polar surface area (TPSA) is 25.8 Å². The molecule has 0 aliphatic carbocycles. The lowest BCUT2D eigenvalue weighted by atomic mass is 10.1. The first-order valence-corrected chi connectivity index (χ1v) is 4.83. The molecule has 1 aromatic heterocycles. The molecule has 0 atom stereocenters. The minimum Gasteiger partial charge on any atom is -0.241 e. The van der Waals surface area contributed by atoms with Crippen molar-refractivity contribution in [3.63, 3.8) is 0 Å². The van der Waals surface area contributed by atoms with Gasteiger partial charge in [0.25, 0.3) is 0 Å². The maximum absolute atomic E-state index is 13.5. The Morgan fingerprint density at radius 3 is 2.44 bits per heavy atom. The molecular weight excluding hydrogens is 210 g/mol. The summed E-state index contributed by atoms with van der Waals surface area (Å²) in [5.74, 6) is -0.564. The minimum atomic E-state index is -0.601. The van der Waals surface area contributed by atoms with E-state index in [0.29, 0.717) is 22.6 Å². The average molecular weight is 220 g/mol. The van der Waals surface area contributed by atoms with Crippen LogP contribution in [0.1, 0.15) is 11.5 Å². The zero-order valence-electron chi connectivity index (χ0n) is 8.96. The molecule has 4 heteroatoms. The van der Waals surface area contributed by atoms with Gasteiger partial charge in [-0.05, 0) is 26.0 Å². The second-order valence-corrected chi connectivity index (χ2v) is 3.54. The van der Waals surface area contributed by atoms with Crippen molar-refractivity contribution in [2.75, 3.05) is 0 Å². The molecule has 16 heavy (non-hydrogen) atoms. The Balaban J connectivity index is 2.59. The van der Waals surface area contributed by atoms with Gasteiger partial charge in [-0.2, -0.15) is 0 Å². The molecule has 1 heterocycles. The van der Waals surface area contributed by atoms with Gasteiger partial charge in [0.15, 0.2) is 0 Å². The molecule has 82 valence electrons.